The highest BCUT2D eigenvalue weighted by Crippen LogP contribution is 2.43. The van der Waals surface area contributed by atoms with Crippen LogP contribution in [0.5, 0.6) is 0 Å². The van der Waals surface area contributed by atoms with Crippen LogP contribution in [-0.4, -0.2) is 66.5 Å². The van der Waals surface area contributed by atoms with Gasteiger partial charge >= 0.3 is 25.7 Å². The van der Waals surface area contributed by atoms with Gasteiger partial charge < -0.3 is 24.2 Å². The Balaban J connectivity index is 4.75. The average molecular weight is 899 g/mol. The summed E-state index contributed by atoms with van der Waals surface area (Å²) in [4.78, 5) is 48.1. The number of hydrogen-bond acceptors (Lipinski definition) is 10. The van der Waals surface area contributed by atoms with Crippen molar-refractivity contribution in [3.63, 3.8) is 0 Å². The van der Waals surface area contributed by atoms with E-state index in [0.717, 1.165) is 89.9 Å². The van der Waals surface area contributed by atoms with Gasteiger partial charge in [-0.3, -0.25) is 23.4 Å². The fourth-order valence-electron chi connectivity index (χ4n) is 6.78. The third-order valence-corrected chi connectivity index (χ3v) is 11.5. The maximum absolute atomic E-state index is 12.8. The summed E-state index contributed by atoms with van der Waals surface area (Å²) in [5, 5.41) is 9.72. The molecule has 0 aromatic rings. The number of carbonyl (C=O) groups excluding carboxylic acids is 3. The molecule has 0 aliphatic heterocycles. The topological polar surface area (TPSA) is 155 Å². The number of aliphatic hydroxyl groups is 1. The van der Waals surface area contributed by atoms with E-state index in [9.17, 15) is 28.9 Å². The lowest BCUT2D eigenvalue weighted by atomic mass is 10.1. The minimum atomic E-state index is -4.73. The predicted molar refractivity (Wildman–Crippen MR) is 252 cm³/mol. The molecule has 3 atom stereocenters. The fourth-order valence-corrected chi connectivity index (χ4v) is 7.57. The number of carbonyl (C=O) groups is 3. The average Bonchev–Trinajstić information content (AvgIpc) is 3.25. The number of allylic oxidation sites excluding steroid dienone is 6. The van der Waals surface area contributed by atoms with Crippen LogP contribution in [0.25, 0.3) is 0 Å². The zero-order valence-electron chi connectivity index (χ0n) is 39.6. The fraction of sp³-hybridized carbons (Fsp3) is 0.820. The van der Waals surface area contributed by atoms with Crippen molar-refractivity contribution in [3.8, 4) is 0 Å². The Morgan fingerprint density at radius 2 is 0.839 bits per heavy atom. The Labute approximate surface area is 378 Å². The molecule has 12 heteroatoms. The third-order valence-electron chi connectivity index (χ3n) is 10.6. The summed E-state index contributed by atoms with van der Waals surface area (Å²) in [7, 11) is -4.73. The largest absolute Gasteiger partial charge is 0.472 e. The Bertz CT molecular complexity index is 1190. The second-order valence-electron chi connectivity index (χ2n) is 16.6. The van der Waals surface area contributed by atoms with Crippen molar-refractivity contribution in [3.05, 3.63) is 36.5 Å². The SMILES string of the molecule is CC/C=C\C/C=C\C/C=C\CCCCCCCC(=O)OCC(COP(=O)(O)OCC(CO)OC(=O)CCCCCCCCCCC)OC(=O)CCCCCCCCCCCCC. The normalized spacial score (nSPS) is 13.8. The molecule has 11 nitrogen and oxygen atoms in total. The first-order valence-corrected chi connectivity index (χ1v) is 26.4. The lowest BCUT2D eigenvalue weighted by Gasteiger charge is -2.21. The lowest BCUT2D eigenvalue weighted by molar-refractivity contribution is -0.161. The van der Waals surface area contributed by atoms with Gasteiger partial charge in [-0.15, -0.1) is 0 Å². The highest BCUT2D eigenvalue weighted by Gasteiger charge is 2.28. The van der Waals surface area contributed by atoms with E-state index in [1.54, 1.807) is 0 Å². The second kappa shape index (κ2) is 45.3. The van der Waals surface area contributed by atoms with E-state index in [4.69, 9.17) is 23.3 Å². The maximum atomic E-state index is 12.8. The monoisotopic (exact) mass is 899 g/mol. The molecular weight excluding hydrogens is 808 g/mol. The van der Waals surface area contributed by atoms with Crippen LogP contribution in [0.1, 0.15) is 226 Å². The maximum Gasteiger partial charge on any atom is 0.472 e. The highest BCUT2D eigenvalue weighted by molar-refractivity contribution is 7.47. The first-order chi connectivity index (χ1) is 30.2. The van der Waals surface area contributed by atoms with Gasteiger partial charge in [0.15, 0.2) is 6.10 Å². The molecular formula is C50H91O11P. The van der Waals surface area contributed by atoms with Crippen molar-refractivity contribution in [1.82, 2.24) is 0 Å². The molecule has 0 saturated heterocycles. The van der Waals surface area contributed by atoms with E-state index < -0.39 is 57.8 Å². The molecule has 2 N–H and O–H groups in total. The van der Waals surface area contributed by atoms with E-state index in [1.165, 1.54) is 77.0 Å². The molecule has 0 aliphatic rings. The minimum absolute atomic E-state index is 0.168. The van der Waals surface area contributed by atoms with Crippen LogP contribution in [0, 0.1) is 0 Å². The Hall–Kier alpha value is -2.30. The molecule has 0 bridgehead atoms. The Morgan fingerprint density at radius 1 is 0.468 bits per heavy atom. The summed E-state index contributed by atoms with van der Waals surface area (Å²) >= 11 is 0. The van der Waals surface area contributed by atoms with E-state index >= 15 is 0 Å². The molecule has 0 rings (SSSR count). The number of esters is 3. The summed E-state index contributed by atoms with van der Waals surface area (Å²) in [6.45, 7) is 4.47. The van der Waals surface area contributed by atoms with Crippen LogP contribution >= 0.6 is 7.82 Å². The van der Waals surface area contributed by atoms with Gasteiger partial charge in [0.1, 0.15) is 12.7 Å². The number of unbranched alkanes of at least 4 members (excludes halogenated alkanes) is 23. The van der Waals surface area contributed by atoms with Gasteiger partial charge in [-0.2, -0.15) is 0 Å². The van der Waals surface area contributed by atoms with Gasteiger partial charge in [0.05, 0.1) is 19.8 Å². The van der Waals surface area contributed by atoms with Gasteiger partial charge in [0.25, 0.3) is 0 Å². The number of hydrogen-bond donors (Lipinski definition) is 2. The highest BCUT2D eigenvalue weighted by atomic mass is 31.2. The molecule has 0 saturated carbocycles. The molecule has 0 fully saturated rings. The smallest absolute Gasteiger partial charge is 0.462 e. The van der Waals surface area contributed by atoms with Crippen molar-refractivity contribution in [1.29, 1.82) is 0 Å². The van der Waals surface area contributed by atoms with Crippen LogP contribution in [0.4, 0.5) is 0 Å². The Morgan fingerprint density at radius 3 is 1.29 bits per heavy atom. The number of phosphoric acid groups is 1. The first-order valence-electron chi connectivity index (χ1n) is 24.9. The van der Waals surface area contributed by atoms with Crippen molar-refractivity contribution in [2.24, 2.45) is 0 Å². The lowest BCUT2D eigenvalue weighted by Crippen LogP contribution is -2.30. The molecule has 0 aliphatic carbocycles. The van der Waals surface area contributed by atoms with Gasteiger partial charge in [0.2, 0.25) is 0 Å². The summed E-state index contributed by atoms with van der Waals surface area (Å²) in [6, 6.07) is 0. The van der Waals surface area contributed by atoms with Crippen LogP contribution < -0.4 is 0 Å². The zero-order chi connectivity index (χ0) is 45.6. The molecule has 0 aromatic carbocycles. The predicted octanol–water partition coefficient (Wildman–Crippen LogP) is 13.7. The van der Waals surface area contributed by atoms with Crippen molar-refractivity contribution >= 4 is 25.7 Å². The number of aliphatic hydroxyl groups excluding tert-OH is 1. The first kappa shape index (κ1) is 59.7. The minimum Gasteiger partial charge on any atom is -0.462 e. The molecule has 0 aromatic heterocycles. The molecule has 0 amide bonds. The molecule has 0 heterocycles. The standard InChI is InChI=1S/C50H91O11P/c1-4-7-10-13-16-19-21-22-23-24-26-28-30-33-36-39-48(52)57-43-47(61-50(54)41-38-35-32-29-25-20-17-14-11-8-5-2)45-59-62(55,56)58-44-46(42-51)60-49(53)40-37-34-31-27-18-15-12-9-6-3/h7,10,16,19,22-23,46-47,51H,4-6,8-9,11-15,17-18,20-21,24-45H2,1-3H3,(H,55,56)/b10-7-,19-16-,23-22-. The zero-order valence-corrected chi connectivity index (χ0v) is 40.5. The van der Waals surface area contributed by atoms with Gasteiger partial charge in [-0.25, -0.2) is 4.57 Å². The molecule has 3 unspecified atom stereocenters. The van der Waals surface area contributed by atoms with Gasteiger partial charge in [-0.1, -0.05) is 192 Å². The molecule has 362 valence electrons. The van der Waals surface area contributed by atoms with E-state index in [1.807, 2.05) is 0 Å². The van der Waals surface area contributed by atoms with Gasteiger partial charge in [-0.05, 0) is 51.4 Å². The molecule has 62 heavy (non-hydrogen) atoms. The summed E-state index contributed by atoms with van der Waals surface area (Å²) < 4.78 is 39.2. The number of rotatable bonds is 46. The number of phosphoric ester groups is 1. The molecule has 0 spiro atoms. The summed E-state index contributed by atoms with van der Waals surface area (Å²) in [5.74, 6) is -1.48. The van der Waals surface area contributed by atoms with Crippen molar-refractivity contribution in [2.45, 2.75) is 238 Å². The van der Waals surface area contributed by atoms with Crippen molar-refractivity contribution < 1.29 is 52.2 Å². The van der Waals surface area contributed by atoms with E-state index in [2.05, 4.69) is 57.2 Å². The van der Waals surface area contributed by atoms with E-state index in [-0.39, 0.29) is 25.9 Å². The van der Waals surface area contributed by atoms with Crippen LogP contribution in [0.15, 0.2) is 36.5 Å². The molecule has 0 radical (unpaired) electrons. The summed E-state index contributed by atoms with van der Waals surface area (Å²) in [6.07, 6.45) is 42.7. The van der Waals surface area contributed by atoms with Crippen LogP contribution in [-0.2, 0) is 42.2 Å². The van der Waals surface area contributed by atoms with E-state index in [0.29, 0.717) is 19.3 Å². The second-order valence-corrected chi connectivity index (χ2v) is 18.1. The van der Waals surface area contributed by atoms with Gasteiger partial charge in [0, 0.05) is 19.3 Å². The quantitative estimate of drug-likeness (QED) is 0.0197. The van der Waals surface area contributed by atoms with Crippen LogP contribution in [0.3, 0.4) is 0 Å². The Kier molecular flexibility index (Phi) is 43.6. The number of ether oxygens (including phenoxy) is 3. The summed E-state index contributed by atoms with van der Waals surface area (Å²) in [5.41, 5.74) is 0. The van der Waals surface area contributed by atoms with Crippen LogP contribution in [0.2, 0.25) is 0 Å². The van der Waals surface area contributed by atoms with Crippen molar-refractivity contribution in [2.75, 3.05) is 26.4 Å². The third kappa shape index (κ3) is 43.0.